The molecule has 4 rings (SSSR count). The Hall–Kier alpha value is -2.81. The van der Waals surface area contributed by atoms with Gasteiger partial charge >= 0.3 is 0 Å². The number of aryl methyl sites for hydroxylation is 1. The van der Waals surface area contributed by atoms with Crippen molar-refractivity contribution in [1.82, 2.24) is 9.55 Å². The summed E-state index contributed by atoms with van der Waals surface area (Å²) in [5, 5.41) is 5.77. The summed E-state index contributed by atoms with van der Waals surface area (Å²) in [5.41, 5.74) is 3.03. The smallest absolute Gasteiger partial charge is 0.272 e. The number of methoxy groups -OCH3 is 1. The van der Waals surface area contributed by atoms with E-state index in [0.29, 0.717) is 32.6 Å². The van der Waals surface area contributed by atoms with Crippen LogP contribution < -0.4 is 15.6 Å². The van der Waals surface area contributed by atoms with E-state index in [1.165, 1.54) is 23.1 Å². The lowest BCUT2D eigenvalue weighted by atomic mass is 10.2. The summed E-state index contributed by atoms with van der Waals surface area (Å²) in [6, 6.07) is 14.7. The van der Waals surface area contributed by atoms with Crippen LogP contribution in [0.5, 0.6) is 5.75 Å². The molecular weight excluding hydrogens is 466 g/mol. The number of hydrogen-bond donors (Lipinski definition) is 1. The number of amides is 1. The number of anilines is 1. The summed E-state index contributed by atoms with van der Waals surface area (Å²) in [7, 11) is 1.61. The number of carbonyl (C=O) groups excluding carboxylic acids is 1. The third-order valence-electron chi connectivity index (χ3n) is 4.82. The minimum absolute atomic E-state index is 0.107. The number of aromatic nitrogens is 2. The van der Waals surface area contributed by atoms with Gasteiger partial charge in [0.1, 0.15) is 10.4 Å². The van der Waals surface area contributed by atoms with E-state index < -0.39 is 0 Å². The fraction of sp³-hybridized carbons (Fsp3) is 0.174. The van der Waals surface area contributed by atoms with E-state index in [9.17, 15) is 9.59 Å². The number of thiophene rings is 1. The number of fused-ring (bicyclic) bond motifs is 1. The van der Waals surface area contributed by atoms with Crippen LogP contribution in [0.15, 0.2) is 63.9 Å². The molecule has 2 aromatic heterocycles. The largest absolute Gasteiger partial charge is 0.497 e. The second-order valence-corrected chi connectivity index (χ2v) is 9.34. The van der Waals surface area contributed by atoms with Gasteiger partial charge in [0.25, 0.3) is 5.56 Å². The van der Waals surface area contributed by atoms with Crippen LogP contribution >= 0.6 is 34.7 Å². The molecule has 0 aliphatic rings. The van der Waals surface area contributed by atoms with E-state index in [-0.39, 0.29) is 17.2 Å². The molecule has 0 atom stereocenters. The zero-order valence-corrected chi connectivity index (χ0v) is 19.8. The highest BCUT2D eigenvalue weighted by atomic mass is 35.5. The molecule has 0 bridgehead atoms. The van der Waals surface area contributed by atoms with Gasteiger partial charge in [0.05, 0.1) is 24.9 Å². The Balaban J connectivity index is 1.56. The first-order chi connectivity index (χ1) is 15.4. The fourth-order valence-corrected chi connectivity index (χ4v) is 4.84. The fourth-order valence-electron chi connectivity index (χ4n) is 3.08. The maximum absolute atomic E-state index is 13.1. The summed E-state index contributed by atoms with van der Waals surface area (Å²) in [5.74, 6) is 0.650. The Morgan fingerprint density at radius 1 is 1.22 bits per heavy atom. The Morgan fingerprint density at radius 2 is 2.00 bits per heavy atom. The molecule has 32 heavy (non-hydrogen) atoms. The van der Waals surface area contributed by atoms with E-state index in [4.69, 9.17) is 16.3 Å². The molecule has 0 saturated heterocycles. The number of hydrogen-bond acceptors (Lipinski definition) is 6. The summed E-state index contributed by atoms with van der Waals surface area (Å²) in [6.07, 6.45) is 0. The van der Waals surface area contributed by atoms with Gasteiger partial charge in [-0.25, -0.2) is 4.98 Å². The van der Waals surface area contributed by atoms with Crippen molar-refractivity contribution >= 4 is 56.5 Å². The highest BCUT2D eigenvalue weighted by Gasteiger charge is 2.15. The average Bonchev–Trinajstić information content (AvgIpc) is 3.26. The minimum atomic E-state index is -0.203. The number of ether oxygens (including phenoxy) is 1. The number of rotatable bonds is 7. The second-order valence-electron chi connectivity index (χ2n) is 7.07. The van der Waals surface area contributed by atoms with E-state index in [0.717, 1.165) is 16.9 Å². The van der Waals surface area contributed by atoms with Crippen molar-refractivity contribution in [2.45, 2.75) is 18.6 Å². The lowest BCUT2D eigenvalue weighted by Gasteiger charge is -2.13. The first-order valence-electron chi connectivity index (χ1n) is 9.74. The van der Waals surface area contributed by atoms with E-state index >= 15 is 0 Å². The molecule has 0 spiro atoms. The van der Waals surface area contributed by atoms with Crippen LogP contribution in [0, 0.1) is 6.92 Å². The summed E-state index contributed by atoms with van der Waals surface area (Å²) >= 11 is 8.73. The molecule has 6 nitrogen and oxygen atoms in total. The van der Waals surface area contributed by atoms with Crippen LogP contribution in [0.25, 0.3) is 10.2 Å². The highest BCUT2D eigenvalue weighted by molar-refractivity contribution is 7.99. The van der Waals surface area contributed by atoms with Gasteiger partial charge in [-0.2, -0.15) is 0 Å². The highest BCUT2D eigenvalue weighted by Crippen LogP contribution is 2.24. The number of halogens is 1. The van der Waals surface area contributed by atoms with Crippen molar-refractivity contribution in [3.63, 3.8) is 0 Å². The van der Waals surface area contributed by atoms with Crippen molar-refractivity contribution in [2.24, 2.45) is 0 Å². The molecule has 1 N–H and O–H groups in total. The quantitative estimate of drug-likeness (QED) is 0.287. The SMILES string of the molecule is COc1ccc(Cn2c(SCC(=O)Nc3ccc(C)c(Cl)c3)nc3ccsc3c2=O)cc1. The number of thioether (sulfide) groups is 1. The molecule has 2 aromatic carbocycles. The van der Waals surface area contributed by atoms with E-state index in [1.807, 2.05) is 48.7 Å². The molecule has 0 aliphatic carbocycles. The third kappa shape index (κ3) is 4.98. The maximum atomic E-state index is 13.1. The molecule has 0 fully saturated rings. The molecule has 0 unspecified atom stereocenters. The van der Waals surface area contributed by atoms with Crippen molar-refractivity contribution in [1.29, 1.82) is 0 Å². The van der Waals surface area contributed by atoms with Crippen LogP contribution in [0.1, 0.15) is 11.1 Å². The van der Waals surface area contributed by atoms with Crippen LogP contribution in [0.4, 0.5) is 5.69 Å². The molecule has 0 radical (unpaired) electrons. The number of benzene rings is 2. The zero-order valence-electron chi connectivity index (χ0n) is 17.4. The Morgan fingerprint density at radius 3 is 2.72 bits per heavy atom. The lowest BCUT2D eigenvalue weighted by Crippen LogP contribution is -2.24. The van der Waals surface area contributed by atoms with Gasteiger partial charge in [-0.15, -0.1) is 11.3 Å². The Kier molecular flexibility index (Phi) is 6.83. The molecule has 164 valence electrons. The van der Waals surface area contributed by atoms with Crippen molar-refractivity contribution in [2.75, 3.05) is 18.2 Å². The van der Waals surface area contributed by atoms with Crippen LogP contribution in [0.3, 0.4) is 0 Å². The standard InChI is InChI=1S/C23H20ClN3O3S2/c1-14-3-6-16(11-18(14)24)25-20(28)13-32-23-26-19-9-10-31-21(19)22(29)27(23)12-15-4-7-17(30-2)8-5-15/h3-11H,12-13H2,1-2H3,(H,25,28). The van der Waals surface area contributed by atoms with Crippen LogP contribution in [-0.2, 0) is 11.3 Å². The maximum Gasteiger partial charge on any atom is 0.272 e. The van der Waals surface area contributed by atoms with Gasteiger partial charge in [-0.3, -0.25) is 14.2 Å². The van der Waals surface area contributed by atoms with Gasteiger partial charge in [-0.05, 0) is 53.8 Å². The van der Waals surface area contributed by atoms with Crippen molar-refractivity contribution in [3.8, 4) is 5.75 Å². The average molecular weight is 486 g/mol. The van der Waals surface area contributed by atoms with Crippen LogP contribution in [-0.4, -0.2) is 28.3 Å². The first kappa shape index (κ1) is 22.4. The van der Waals surface area contributed by atoms with E-state index in [1.54, 1.807) is 23.8 Å². The minimum Gasteiger partial charge on any atom is -0.497 e. The van der Waals surface area contributed by atoms with E-state index in [2.05, 4.69) is 10.3 Å². The first-order valence-corrected chi connectivity index (χ1v) is 12.0. The molecule has 4 aromatic rings. The lowest BCUT2D eigenvalue weighted by molar-refractivity contribution is -0.113. The predicted molar refractivity (Wildman–Crippen MR) is 132 cm³/mol. The van der Waals surface area contributed by atoms with Crippen molar-refractivity contribution < 1.29 is 9.53 Å². The van der Waals surface area contributed by atoms with Crippen LogP contribution in [0.2, 0.25) is 5.02 Å². The predicted octanol–water partition coefficient (Wildman–Crippen LogP) is 5.21. The Bertz CT molecular complexity index is 1330. The summed E-state index contributed by atoms with van der Waals surface area (Å²) in [4.78, 5) is 30.3. The Labute approximate surface area is 198 Å². The summed E-state index contributed by atoms with van der Waals surface area (Å²) in [6.45, 7) is 2.25. The van der Waals surface area contributed by atoms with Crippen molar-refractivity contribution in [3.05, 3.63) is 80.4 Å². The summed E-state index contributed by atoms with van der Waals surface area (Å²) < 4.78 is 7.42. The zero-order chi connectivity index (χ0) is 22.7. The van der Waals surface area contributed by atoms with Gasteiger partial charge in [-0.1, -0.05) is 41.6 Å². The number of nitrogens with zero attached hydrogens (tertiary/aromatic N) is 2. The molecule has 9 heteroatoms. The number of nitrogens with one attached hydrogen (secondary N) is 1. The molecule has 2 heterocycles. The topological polar surface area (TPSA) is 73.2 Å². The molecular formula is C23H20ClN3O3S2. The van der Waals surface area contributed by atoms with Gasteiger partial charge in [0, 0.05) is 10.7 Å². The molecule has 0 saturated carbocycles. The van der Waals surface area contributed by atoms with Gasteiger partial charge in [0.2, 0.25) is 5.91 Å². The van der Waals surface area contributed by atoms with Gasteiger partial charge in [0.15, 0.2) is 5.16 Å². The molecule has 1 amide bonds. The third-order valence-corrected chi connectivity index (χ3v) is 7.09. The molecule has 0 aliphatic heterocycles. The number of carbonyl (C=O) groups is 1. The van der Waals surface area contributed by atoms with Gasteiger partial charge < -0.3 is 10.1 Å². The second kappa shape index (κ2) is 9.77. The monoisotopic (exact) mass is 485 g/mol. The normalized spacial score (nSPS) is 11.0.